The number of carbonyl (C=O) groups excluding carboxylic acids is 3. The molecule has 2 aromatic carbocycles. The third kappa shape index (κ3) is 9.03. The molecule has 0 bridgehead atoms. The molecule has 0 spiro atoms. The Morgan fingerprint density at radius 2 is 1.36 bits per heavy atom. The van der Waals surface area contributed by atoms with E-state index in [1.807, 2.05) is 36.4 Å². The first-order valence-electron chi connectivity index (χ1n) is 8.42. The first kappa shape index (κ1) is 23.7. The van der Waals surface area contributed by atoms with Crippen molar-refractivity contribution in [1.82, 2.24) is 5.32 Å². The van der Waals surface area contributed by atoms with E-state index in [0.29, 0.717) is 0 Å². The van der Waals surface area contributed by atoms with Gasteiger partial charge in [0.25, 0.3) is 0 Å². The number of nitrogens with one attached hydrogen (secondary N) is 1. The SMILES string of the molecule is O=C(CC[C@H](NC(=O)OCc1ccccc1)C(=O)[O-])OCc1ccccc1.[Na+]. The number of amides is 1. The molecule has 0 aliphatic heterocycles. The van der Waals surface area contributed by atoms with Gasteiger partial charge in [-0.3, -0.25) is 4.79 Å². The van der Waals surface area contributed by atoms with Crippen LogP contribution in [0.3, 0.4) is 0 Å². The molecule has 1 N–H and O–H groups in total. The fourth-order valence-corrected chi connectivity index (χ4v) is 2.23. The van der Waals surface area contributed by atoms with Gasteiger partial charge in [-0.1, -0.05) is 60.7 Å². The van der Waals surface area contributed by atoms with E-state index in [2.05, 4.69) is 5.32 Å². The van der Waals surface area contributed by atoms with Gasteiger partial charge in [-0.25, -0.2) is 4.79 Å². The summed E-state index contributed by atoms with van der Waals surface area (Å²) >= 11 is 0. The number of aliphatic carboxylic acids is 1. The van der Waals surface area contributed by atoms with E-state index >= 15 is 0 Å². The van der Waals surface area contributed by atoms with Gasteiger partial charge in [0.15, 0.2) is 0 Å². The number of esters is 1. The van der Waals surface area contributed by atoms with Crippen LogP contribution in [0.1, 0.15) is 24.0 Å². The van der Waals surface area contributed by atoms with Crippen LogP contribution in [0.25, 0.3) is 0 Å². The Bertz CT molecular complexity index is 754. The molecule has 28 heavy (non-hydrogen) atoms. The molecule has 0 fully saturated rings. The van der Waals surface area contributed by atoms with Crippen LogP contribution < -0.4 is 40.0 Å². The van der Waals surface area contributed by atoms with E-state index in [1.165, 1.54) is 0 Å². The van der Waals surface area contributed by atoms with Crippen molar-refractivity contribution in [2.24, 2.45) is 0 Å². The Balaban J connectivity index is 0.00000392. The minimum absolute atomic E-state index is 0. The van der Waals surface area contributed by atoms with Crippen LogP contribution in [-0.2, 0) is 32.3 Å². The van der Waals surface area contributed by atoms with Gasteiger partial charge in [-0.15, -0.1) is 0 Å². The predicted molar refractivity (Wildman–Crippen MR) is 94.0 cm³/mol. The maximum Gasteiger partial charge on any atom is 1.00 e. The van der Waals surface area contributed by atoms with Gasteiger partial charge in [0.05, 0.1) is 12.0 Å². The molecule has 0 aliphatic rings. The van der Waals surface area contributed by atoms with Gasteiger partial charge in [0.1, 0.15) is 13.2 Å². The molecule has 8 heteroatoms. The Hall–Kier alpha value is -2.35. The van der Waals surface area contributed by atoms with Crippen LogP contribution in [0.5, 0.6) is 0 Å². The zero-order valence-electron chi connectivity index (χ0n) is 15.6. The molecule has 2 aromatic rings. The third-order valence-corrected chi connectivity index (χ3v) is 3.67. The number of carbonyl (C=O) groups is 3. The summed E-state index contributed by atoms with van der Waals surface area (Å²) in [4.78, 5) is 34.7. The molecule has 1 amide bonds. The number of ether oxygens (including phenoxy) is 2. The van der Waals surface area contributed by atoms with Crippen LogP contribution in [-0.4, -0.2) is 24.1 Å². The second-order valence-corrected chi connectivity index (χ2v) is 5.76. The average molecular weight is 393 g/mol. The van der Waals surface area contributed by atoms with E-state index in [1.54, 1.807) is 24.3 Å². The van der Waals surface area contributed by atoms with Crippen LogP contribution in [0.2, 0.25) is 0 Å². The molecule has 0 radical (unpaired) electrons. The smallest absolute Gasteiger partial charge is 0.548 e. The minimum atomic E-state index is -1.50. The molecular formula is C20H20NNaO6. The number of carboxylic acid groups (broad SMARTS) is 1. The second-order valence-electron chi connectivity index (χ2n) is 5.76. The van der Waals surface area contributed by atoms with Gasteiger partial charge >= 0.3 is 41.6 Å². The topological polar surface area (TPSA) is 105 Å². The molecule has 0 aromatic heterocycles. The van der Waals surface area contributed by atoms with Crippen LogP contribution in [0, 0.1) is 0 Å². The zero-order chi connectivity index (χ0) is 19.5. The molecular weight excluding hydrogens is 373 g/mol. The first-order valence-corrected chi connectivity index (χ1v) is 8.42. The van der Waals surface area contributed by atoms with Gasteiger partial charge in [0, 0.05) is 6.42 Å². The summed E-state index contributed by atoms with van der Waals surface area (Å²) in [6.07, 6.45) is -1.23. The molecule has 2 rings (SSSR count). The van der Waals surface area contributed by atoms with Crippen molar-refractivity contribution in [2.45, 2.75) is 32.1 Å². The monoisotopic (exact) mass is 393 g/mol. The van der Waals surface area contributed by atoms with E-state index in [0.717, 1.165) is 11.1 Å². The van der Waals surface area contributed by atoms with E-state index in [4.69, 9.17) is 9.47 Å². The summed E-state index contributed by atoms with van der Waals surface area (Å²) in [5, 5.41) is 13.4. The van der Waals surface area contributed by atoms with Crippen LogP contribution in [0.15, 0.2) is 60.7 Å². The number of alkyl carbamates (subject to hydrolysis) is 1. The van der Waals surface area contributed by atoms with Crippen molar-refractivity contribution in [2.75, 3.05) is 0 Å². The fourth-order valence-electron chi connectivity index (χ4n) is 2.23. The Morgan fingerprint density at radius 3 is 1.86 bits per heavy atom. The summed E-state index contributed by atoms with van der Waals surface area (Å²) in [7, 11) is 0. The summed E-state index contributed by atoms with van der Waals surface area (Å²) < 4.78 is 10.0. The van der Waals surface area contributed by atoms with Gasteiger partial charge in [0.2, 0.25) is 0 Å². The van der Waals surface area contributed by atoms with Gasteiger partial charge in [-0.2, -0.15) is 0 Å². The van der Waals surface area contributed by atoms with Crippen molar-refractivity contribution in [3.05, 3.63) is 71.8 Å². The number of hydrogen-bond donors (Lipinski definition) is 1. The number of carboxylic acids is 1. The molecule has 0 heterocycles. The van der Waals surface area contributed by atoms with Crippen molar-refractivity contribution >= 4 is 18.0 Å². The van der Waals surface area contributed by atoms with Crippen molar-refractivity contribution in [1.29, 1.82) is 0 Å². The van der Waals surface area contributed by atoms with Gasteiger partial charge in [-0.05, 0) is 17.5 Å². The second kappa shape index (κ2) is 12.9. The summed E-state index contributed by atoms with van der Waals surface area (Å²) in [6, 6.07) is 16.7. The van der Waals surface area contributed by atoms with Crippen molar-refractivity contribution in [3.8, 4) is 0 Å². The average Bonchev–Trinajstić information content (AvgIpc) is 2.69. The Labute approximate surface area is 185 Å². The normalized spacial score (nSPS) is 10.9. The van der Waals surface area contributed by atoms with E-state index in [9.17, 15) is 19.5 Å². The molecule has 0 saturated heterocycles. The Morgan fingerprint density at radius 1 is 0.857 bits per heavy atom. The maximum absolute atomic E-state index is 11.8. The molecule has 142 valence electrons. The number of benzene rings is 2. The van der Waals surface area contributed by atoms with E-state index < -0.39 is 24.1 Å². The number of rotatable bonds is 9. The number of hydrogen-bond acceptors (Lipinski definition) is 6. The zero-order valence-corrected chi connectivity index (χ0v) is 17.6. The largest absolute Gasteiger partial charge is 1.00 e. The molecule has 0 aliphatic carbocycles. The predicted octanol–water partition coefficient (Wildman–Crippen LogP) is -1.44. The summed E-state index contributed by atoms with van der Waals surface area (Å²) in [6.45, 7) is 0.105. The standard InChI is InChI=1S/C20H21NO6.Na/c22-18(26-13-15-7-3-1-4-8-15)12-11-17(19(23)24)21-20(25)27-14-16-9-5-2-6-10-16;/h1-10,17H,11-14H2,(H,21,25)(H,23,24);/q;+1/p-1/t17-;/m0./s1. The minimum Gasteiger partial charge on any atom is -0.548 e. The Kier molecular flexibility index (Phi) is 10.9. The molecule has 0 unspecified atom stereocenters. The fraction of sp³-hybridized carbons (Fsp3) is 0.250. The van der Waals surface area contributed by atoms with Crippen LogP contribution >= 0.6 is 0 Å². The first-order chi connectivity index (χ1) is 13.0. The van der Waals surface area contributed by atoms with Crippen LogP contribution in [0.4, 0.5) is 4.79 Å². The molecule has 0 saturated carbocycles. The van der Waals surface area contributed by atoms with E-state index in [-0.39, 0.29) is 55.6 Å². The van der Waals surface area contributed by atoms with Gasteiger partial charge < -0.3 is 24.7 Å². The van der Waals surface area contributed by atoms with Crippen molar-refractivity contribution in [3.63, 3.8) is 0 Å². The summed E-state index contributed by atoms with van der Waals surface area (Å²) in [5.74, 6) is -2.06. The summed E-state index contributed by atoms with van der Waals surface area (Å²) in [5.41, 5.74) is 1.59. The molecule has 7 nitrogen and oxygen atoms in total. The quantitative estimate of drug-likeness (QED) is 0.413. The van der Waals surface area contributed by atoms with Crippen molar-refractivity contribution < 1.29 is 58.5 Å². The third-order valence-electron chi connectivity index (χ3n) is 3.67. The maximum atomic E-state index is 11.8. The molecule has 1 atom stereocenters.